The fourth-order valence-electron chi connectivity index (χ4n) is 1.43. The lowest BCUT2D eigenvalue weighted by Gasteiger charge is -2.08. The van der Waals surface area contributed by atoms with Gasteiger partial charge in [-0.25, -0.2) is 13.4 Å². The van der Waals surface area contributed by atoms with Crippen LogP contribution in [0.15, 0.2) is 52.0 Å². The van der Waals surface area contributed by atoms with E-state index >= 15 is 0 Å². The quantitative estimate of drug-likeness (QED) is 0.896. The standard InChI is InChI=1S/C12H12BrN3O2S/c1-14-10-3-5-11(6-4-10)19(17,18)16-12-7-2-9(13)8-15-12/h2-8,14H,1H3,(H,15,16). The van der Waals surface area contributed by atoms with Gasteiger partial charge in [-0.1, -0.05) is 0 Å². The summed E-state index contributed by atoms with van der Waals surface area (Å²) < 4.78 is 27.4. The number of pyridine rings is 1. The van der Waals surface area contributed by atoms with E-state index < -0.39 is 10.0 Å². The molecule has 19 heavy (non-hydrogen) atoms. The summed E-state index contributed by atoms with van der Waals surface area (Å²) in [5.41, 5.74) is 0.848. The van der Waals surface area contributed by atoms with Crippen LogP contribution in [0.4, 0.5) is 11.5 Å². The van der Waals surface area contributed by atoms with Crippen molar-refractivity contribution >= 4 is 37.5 Å². The predicted octanol–water partition coefficient (Wildman–Crippen LogP) is 2.69. The van der Waals surface area contributed by atoms with Gasteiger partial charge in [0.05, 0.1) is 4.90 Å². The molecule has 0 saturated carbocycles. The summed E-state index contributed by atoms with van der Waals surface area (Å²) in [6, 6.07) is 9.77. The normalized spacial score (nSPS) is 11.1. The van der Waals surface area contributed by atoms with Gasteiger partial charge < -0.3 is 5.32 Å². The molecule has 5 nitrogen and oxygen atoms in total. The smallest absolute Gasteiger partial charge is 0.263 e. The largest absolute Gasteiger partial charge is 0.388 e. The Balaban J connectivity index is 2.24. The number of aromatic nitrogens is 1. The lowest BCUT2D eigenvalue weighted by Crippen LogP contribution is -2.13. The monoisotopic (exact) mass is 341 g/mol. The first kappa shape index (κ1) is 13.8. The second-order valence-corrected chi connectivity index (χ2v) is 6.34. The van der Waals surface area contributed by atoms with Gasteiger partial charge >= 0.3 is 0 Å². The molecule has 0 atom stereocenters. The molecule has 0 aliphatic rings. The van der Waals surface area contributed by atoms with Crippen molar-refractivity contribution in [2.75, 3.05) is 17.1 Å². The average Bonchev–Trinajstić information content (AvgIpc) is 2.41. The minimum Gasteiger partial charge on any atom is -0.388 e. The lowest BCUT2D eigenvalue weighted by atomic mass is 10.3. The van der Waals surface area contributed by atoms with E-state index in [0.717, 1.165) is 10.2 Å². The Labute approximate surface area is 120 Å². The summed E-state index contributed by atoms with van der Waals surface area (Å²) in [4.78, 5) is 4.16. The van der Waals surface area contributed by atoms with Gasteiger partial charge in [0.2, 0.25) is 0 Å². The number of hydrogen-bond donors (Lipinski definition) is 2. The highest BCUT2D eigenvalue weighted by Gasteiger charge is 2.14. The van der Waals surface area contributed by atoms with Gasteiger partial charge in [-0.3, -0.25) is 4.72 Å². The van der Waals surface area contributed by atoms with Crippen molar-refractivity contribution in [3.63, 3.8) is 0 Å². The van der Waals surface area contributed by atoms with E-state index in [0.29, 0.717) is 0 Å². The molecular formula is C12H12BrN3O2S. The molecule has 2 N–H and O–H groups in total. The number of nitrogens with zero attached hydrogens (tertiary/aromatic N) is 1. The summed E-state index contributed by atoms with van der Waals surface area (Å²) in [5.74, 6) is 0.279. The van der Waals surface area contributed by atoms with Gasteiger partial charge in [0.25, 0.3) is 10.0 Å². The molecule has 0 amide bonds. The molecule has 100 valence electrons. The van der Waals surface area contributed by atoms with Crippen LogP contribution >= 0.6 is 15.9 Å². The van der Waals surface area contributed by atoms with Crippen molar-refractivity contribution in [3.8, 4) is 0 Å². The highest BCUT2D eigenvalue weighted by molar-refractivity contribution is 9.10. The van der Waals surface area contributed by atoms with Gasteiger partial charge in [-0.2, -0.15) is 0 Å². The van der Waals surface area contributed by atoms with Crippen LogP contribution in [0, 0.1) is 0 Å². The van der Waals surface area contributed by atoms with Gasteiger partial charge in [-0.15, -0.1) is 0 Å². The third-order valence-electron chi connectivity index (χ3n) is 2.42. The van der Waals surface area contributed by atoms with Crippen LogP contribution in [-0.2, 0) is 10.0 Å². The van der Waals surface area contributed by atoms with Crippen LogP contribution in [-0.4, -0.2) is 20.4 Å². The molecule has 0 spiro atoms. The van der Waals surface area contributed by atoms with Gasteiger partial charge in [0.15, 0.2) is 0 Å². The van der Waals surface area contributed by atoms with Crippen LogP contribution in [0.3, 0.4) is 0 Å². The highest BCUT2D eigenvalue weighted by atomic mass is 79.9. The molecule has 1 aromatic carbocycles. The number of nitrogens with one attached hydrogen (secondary N) is 2. The minimum atomic E-state index is -3.61. The molecule has 1 heterocycles. The molecule has 0 aliphatic heterocycles. The topological polar surface area (TPSA) is 71.1 Å². The molecule has 0 fully saturated rings. The summed E-state index contributed by atoms with van der Waals surface area (Å²) in [6.07, 6.45) is 1.53. The van der Waals surface area contributed by atoms with E-state index in [1.165, 1.54) is 18.3 Å². The Kier molecular flexibility index (Phi) is 4.06. The van der Waals surface area contributed by atoms with Gasteiger partial charge in [0.1, 0.15) is 5.82 Å². The Morgan fingerprint density at radius 1 is 1.11 bits per heavy atom. The van der Waals surface area contributed by atoms with Crippen molar-refractivity contribution in [1.29, 1.82) is 0 Å². The van der Waals surface area contributed by atoms with Crippen LogP contribution < -0.4 is 10.0 Å². The van der Waals surface area contributed by atoms with Crippen LogP contribution in [0.25, 0.3) is 0 Å². The predicted molar refractivity (Wildman–Crippen MR) is 78.7 cm³/mol. The van der Waals surface area contributed by atoms with E-state index in [1.807, 2.05) is 0 Å². The third-order valence-corrected chi connectivity index (χ3v) is 4.26. The van der Waals surface area contributed by atoms with Gasteiger partial charge in [-0.05, 0) is 52.3 Å². The number of anilines is 2. The molecule has 0 saturated heterocycles. The maximum Gasteiger partial charge on any atom is 0.263 e. The first-order valence-corrected chi connectivity index (χ1v) is 7.71. The molecule has 2 rings (SSSR count). The lowest BCUT2D eigenvalue weighted by molar-refractivity contribution is 0.601. The Morgan fingerprint density at radius 3 is 2.32 bits per heavy atom. The average molecular weight is 342 g/mol. The highest BCUT2D eigenvalue weighted by Crippen LogP contribution is 2.17. The number of hydrogen-bond acceptors (Lipinski definition) is 4. The van der Waals surface area contributed by atoms with E-state index in [2.05, 4.69) is 31.0 Å². The van der Waals surface area contributed by atoms with E-state index in [1.54, 1.807) is 31.3 Å². The number of halogens is 1. The first-order valence-electron chi connectivity index (χ1n) is 5.43. The summed E-state index contributed by atoms with van der Waals surface area (Å²) in [6.45, 7) is 0. The molecule has 0 unspecified atom stereocenters. The first-order chi connectivity index (χ1) is 9.01. The minimum absolute atomic E-state index is 0.191. The van der Waals surface area contributed by atoms with Crippen molar-refractivity contribution in [2.24, 2.45) is 0 Å². The third kappa shape index (κ3) is 3.45. The Hall–Kier alpha value is -1.60. The zero-order valence-corrected chi connectivity index (χ0v) is 12.5. The van der Waals surface area contributed by atoms with Crippen molar-refractivity contribution in [1.82, 2.24) is 4.98 Å². The van der Waals surface area contributed by atoms with Crippen LogP contribution in [0.5, 0.6) is 0 Å². The Bertz CT molecular complexity index is 654. The van der Waals surface area contributed by atoms with E-state index in [4.69, 9.17) is 0 Å². The second kappa shape index (κ2) is 5.58. The van der Waals surface area contributed by atoms with Crippen molar-refractivity contribution < 1.29 is 8.42 Å². The molecule has 2 aromatic rings. The fraction of sp³-hybridized carbons (Fsp3) is 0.0833. The number of rotatable bonds is 4. The molecule has 0 aliphatic carbocycles. The SMILES string of the molecule is CNc1ccc(S(=O)(=O)Nc2ccc(Br)cn2)cc1. The van der Waals surface area contributed by atoms with Gasteiger partial charge in [0, 0.05) is 23.4 Å². The summed E-state index contributed by atoms with van der Waals surface area (Å²) >= 11 is 3.24. The van der Waals surface area contributed by atoms with Crippen LogP contribution in [0.2, 0.25) is 0 Å². The molecular weight excluding hydrogens is 330 g/mol. The van der Waals surface area contributed by atoms with Crippen LogP contribution in [0.1, 0.15) is 0 Å². The molecule has 1 aromatic heterocycles. The summed E-state index contributed by atoms with van der Waals surface area (Å²) in [5, 5.41) is 2.93. The Morgan fingerprint density at radius 2 is 1.79 bits per heavy atom. The van der Waals surface area contributed by atoms with Crippen molar-refractivity contribution in [2.45, 2.75) is 4.90 Å². The fourth-order valence-corrected chi connectivity index (χ4v) is 2.68. The number of benzene rings is 1. The molecule has 7 heteroatoms. The summed E-state index contributed by atoms with van der Waals surface area (Å²) in [7, 11) is -1.84. The zero-order chi connectivity index (χ0) is 13.9. The molecule has 0 radical (unpaired) electrons. The maximum atomic E-state index is 12.1. The zero-order valence-electron chi connectivity index (χ0n) is 10.1. The van der Waals surface area contributed by atoms with E-state index in [-0.39, 0.29) is 10.7 Å². The number of sulfonamides is 1. The second-order valence-electron chi connectivity index (χ2n) is 3.74. The maximum absolute atomic E-state index is 12.1. The van der Waals surface area contributed by atoms with E-state index in [9.17, 15) is 8.42 Å². The molecule has 0 bridgehead atoms. The van der Waals surface area contributed by atoms with Crippen molar-refractivity contribution in [3.05, 3.63) is 47.1 Å².